The van der Waals surface area contributed by atoms with Crippen LogP contribution in [0.4, 0.5) is 26.3 Å². The summed E-state index contributed by atoms with van der Waals surface area (Å²) in [6, 6.07) is 31.9. The number of aromatic nitrogens is 2. The molecular formula is C36H20F6N2S. The van der Waals surface area contributed by atoms with Crippen LogP contribution in [0.3, 0.4) is 0 Å². The van der Waals surface area contributed by atoms with Crippen molar-refractivity contribution in [2.24, 2.45) is 0 Å². The van der Waals surface area contributed by atoms with E-state index < -0.39 is 23.5 Å². The molecule has 0 amide bonds. The molecule has 0 aliphatic carbocycles. The van der Waals surface area contributed by atoms with Crippen molar-refractivity contribution in [1.82, 2.24) is 9.97 Å². The fourth-order valence-electron chi connectivity index (χ4n) is 5.25. The highest BCUT2D eigenvalue weighted by atomic mass is 32.1. The molecule has 9 heteroatoms. The minimum Gasteiger partial charge on any atom is -0.256 e. The normalized spacial score (nSPS) is 12.2. The highest BCUT2D eigenvalue weighted by Crippen LogP contribution is 2.39. The molecule has 0 aliphatic heterocycles. The third kappa shape index (κ3) is 5.79. The van der Waals surface area contributed by atoms with E-state index in [1.54, 1.807) is 23.5 Å². The Morgan fingerprint density at radius 2 is 1.04 bits per heavy atom. The molecular weight excluding hydrogens is 606 g/mol. The maximum absolute atomic E-state index is 13.3. The second kappa shape index (κ2) is 10.9. The number of pyridine rings is 1. The Morgan fingerprint density at radius 3 is 1.64 bits per heavy atom. The van der Waals surface area contributed by atoms with Crippen molar-refractivity contribution in [3.05, 3.63) is 133 Å². The molecule has 0 aliphatic rings. The lowest BCUT2D eigenvalue weighted by Crippen LogP contribution is -2.11. The van der Waals surface area contributed by atoms with Gasteiger partial charge in [0, 0.05) is 17.3 Å². The van der Waals surface area contributed by atoms with Crippen molar-refractivity contribution in [3.8, 4) is 44.1 Å². The Labute approximate surface area is 257 Å². The molecule has 0 fully saturated rings. The first-order valence-electron chi connectivity index (χ1n) is 13.8. The van der Waals surface area contributed by atoms with Crippen LogP contribution in [0.5, 0.6) is 0 Å². The summed E-state index contributed by atoms with van der Waals surface area (Å²) >= 11 is 1.62. The van der Waals surface area contributed by atoms with Gasteiger partial charge < -0.3 is 0 Å². The summed E-state index contributed by atoms with van der Waals surface area (Å²) in [4.78, 5) is 9.38. The molecule has 0 saturated heterocycles. The summed E-state index contributed by atoms with van der Waals surface area (Å²) in [5.74, 6) is 0. The van der Waals surface area contributed by atoms with E-state index in [2.05, 4.69) is 4.98 Å². The van der Waals surface area contributed by atoms with E-state index >= 15 is 0 Å². The molecule has 45 heavy (non-hydrogen) atoms. The fourth-order valence-corrected chi connectivity index (χ4v) is 6.20. The van der Waals surface area contributed by atoms with Gasteiger partial charge in [-0.15, -0.1) is 11.3 Å². The molecule has 0 spiro atoms. The number of halogens is 6. The van der Waals surface area contributed by atoms with Gasteiger partial charge in [0.05, 0.1) is 27.0 Å². The van der Waals surface area contributed by atoms with E-state index in [1.807, 2.05) is 79.0 Å². The predicted molar refractivity (Wildman–Crippen MR) is 167 cm³/mol. The van der Waals surface area contributed by atoms with Crippen LogP contribution in [0.15, 0.2) is 121 Å². The number of hydrogen-bond donors (Lipinski definition) is 0. The van der Waals surface area contributed by atoms with Crippen LogP contribution >= 0.6 is 11.3 Å². The van der Waals surface area contributed by atoms with Crippen LogP contribution in [0.2, 0.25) is 0 Å². The van der Waals surface area contributed by atoms with E-state index in [0.29, 0.717) is 0 Å². The topological polar surface area (TPSA) is 25.8 Å². The third-order valence-corrected chi connectivity index (χ3v) is 8.67. The van der Waals surface area contributed by atoms with E-state index in [1.165, 1.54) is 12.1 Å². The molecule has 7 aromatic rings. The number of hydrogen-bond acceptors (Lipinski definition) is 3. The molecule has 222 valence electrons. The van der Waals surface area contributed by atoms with E-state index in [4.69, 9.17) is 4.98 Å². The molecule has 2 nitrogen and oxygen atoms in total. The van der Waals surface area contributed by atoms with E-state index in [9.17, 15) is 26.3 Å². The number of para-hydroxylation sites is 1. The van der Waals surface area contributed by atoms with Crippen LogP contribution in [-0.4, -0.2) is 9.97 Å². The summed E-state index contributed by atoms with van der Waals surface area (Å²) in [7, 11) is 0. The maximum Gasteiger partial charge on any atom is 0.416 e. The molecule has 0 radical (unpaired) electrons. The lowest BCUT2D eigenvalue weighted by molar-refractivity contribution is -0.143. The summed E-state index contributed by atoms with van der Waals surface area (Å²) in [6.07, 6.45) is -7.98. The highest BCUT2D eigenvalue weighted by Gasteiger charge is 2.37. The first-order chi connectivity index (χ1) is 21.5. The van der Waals surface area contributed by atoms with Gasteiger partial charge in [-0.2, -0.15) is 26.3 Å². The average molecular weight is 627 g/mol. The van der Waals surface area contributed by atoms with Crippen molar-refractivity contribution < 1.29 is 26.3 Å². The molecule has 0 bridgehead atoms. The molecule has 0 unspecified atom stereocenters. The molecule has 2 heterocycles. The monoisotopic (exact) mass is 626 g/mol. The third-order valence-electron chi connectivity index (χ3n) is 7.58. The van der Waals surface area contributed by atoms with E-state index in [0.717, 1.165) is 66.1 Å². The van der Waals surface area contributed by atoms with Crippen LogP contribution < -0.4 is 0 Å². The average Bonchev–Trinajstić information content (AvgIpc) is 3.48. The Balaban J connectivity index is 1.14. The first-order valence-corrected chi connectivity index (χ1v) is 14.6. The minimum atomic E-state index is -4.91. The van der Waals surface area contributed by atoms with Gasteiger partial charge in [-0.1, -0.05) is 60.7 Å². The zero-order chi connectivity index (χ0) is 31.3. The van der Waals surface area contributed by atoms with Crippen LogP contribution in [0.25, 0.3) is 65.1 Å². The van der Waals surface area contributed by atoms with Crippen LogP contribution in [-0.2, 0) is 12.4 Å². The number of benzene rings is 5. The number of rotatable bonds is 4. The second-order valence-corrected chi connectivity index (χ2v) is 11.6. The largest absolute Gasteiger partial charge is 0.416 e. The zero-order valence-corrected chi connectivity index (χ0v) is 23.9. The molecule has 7 rings (SSSR count). The summed E-state index contributed by atoms with van der Waals surface area (Å²) in [6.45, 7) is 0. The van der Waals surface area contributed by atoms with Crippen molar-refractivity contribution in [2.75, 3.05) is 0 Å². The standard InChI is InChI=1S/C36H20F6N2S/c37-35(38,39)29-17-28(18-30(19-29)36(40,41)42)22-7-5-21(6-8-22)23-9-10-25-16-26(12-11-24(25)15-23)31-14-13-27(20-43-31)34-44-32-3-1-2-4-33(32)45-34/h1-20H. The van der Waals surface area contributed by atoms with Gasteiger partial charge >= 0.3 is 12.4 Å². The number of fused-ring (bicyclic) bond motifs is 2. The Kier molecular flexibility index (Phi) is 6.93. The van der Waals surface area contributed by atoms with E-state index in [-0.39, 0.29) is 17.2 Å². The molecule has 5 aromatic carbocycles. The smallest absolute Gasteiger partial charge is 0.256 e. The molecule has 2 aromatic heterocycles. The summed E-state index contributed by atoms with van der Waals surface area (Å²) < 4.78 is 81.1. The maximum atomic E-state index is 13.3. The zero-order valence-electron chi connectivity index (χ0n) is 23.1. The first kappa shape index (κ1) is 28.7. The summed E-state index contributed by atoms with van der Waals surface area (Å²) in [5, 5.41) is 2.88. The van der Waals surface area contributed by atoms with Gasteiger partial charge in [0.2, 0.25) is 0 Å². The van der Waals surface area contributed by atoms with Gasteiger partial charge in [0.1, 0.15) is 5.01 Å². The number of alkyl halides is 6. The quantitative estimate of drug-likeness (QED) is 0.182. The Hall–Kier alpha value is -5.02. The number of nitrogens with zero attached hydrogens (tertiary/aromatic N) is 2. The second-order valence-electron chi connectivity index (χ2n) is 10.6. The molecule has 0 saturated carbocycles. The van der Waals surface area contributed by atoms with Crippen LogP contribution in [0.1, 0.15) is 11.1 Å². The van der Waals surface area contributed by atoms with Crippen molar-refractivity contribution >= 4 is 32.3 Å². The van der Waals surface area contributed by atoms with Gasteiger partial charge in [-0.05, 0) is 87.6 Å². The van der Waals surface area contributed by atoms with Crippen molar-refractivity contribution in [3.63, 3.8) is 0 Å². The van der Waals surface area contributed by atoms with Gasteiger partial charge in [0.25, 0.3) is 0 Å². The minimum absolute atomic E-state index is 0.133. The summed E-state index contributed by atoms with van der Waals surface area (Å²) in [5.41, 5.74) is 2.74. The Morgan fingerprint density at radius 1 is 0.489 bits per heavy atom. The highest BCUT2D eigenvalue weighted by molar-refractivity contribution is 7.21. The lowest BCUT2D eigenvalue weighted by atomic mass is 9.95. The van der Waals surface area contributed by atoms with Gasteiger partial charge in [-0.3, -0.25) is 4.98 Å². The SMILES string of the molecule is FC(F)(F)c1cc(-c2ccc(-c3ccc4cc(-c5ccc(-c6nc7ccccc7s6)cn5)ccc4c3)cc2)cc(C(F)(F)F)c1. The lowest BCUT2D eigenvalue weighted by Gasteiger charge is -2.14. The van der Waals surface area contributed by atoms with Gasteiger partial charge in [0.15, 0.2) is 0 Å². The van der Waals surface area contributed by atoms with Crippen LogP contribution in [0, 0.1) is 0 Å². The Bertz CT molecular complexity index is 2120. The van der Waals surface area contributed by atoms with Crippen molar-refractivity contribution in [1.29, 1.82) is 0 Å². The molecule has 0 N–H and O–H groups in total. The predicted octanol–water partition coefficient (Wildman–Crippen LogP) is 11.6. The van der Waals surface area contributed by atoms with Gasteiger partial charge in [-0.25, -0.2) is 4.98 Å². The molecule has 0 atom stereocenters. The van der Waals surface area contributed by atoms with Crippen molar-refractivity contribution in [2.45, 2.75) is 12.4 Å². The number of thiazole rings is 1. The fraction of sp³-hybridized carbons (Fsp3) is 0.0556.